The van der Waals surface area contributed by atoms with Gasteiger partial charge in [-0.2, -0.15) is 5.10 Å². The van der Waals surface area contributed by atoms with E-state index in [1.165, 1.54) is 49.6 Å². The zero-order valence-corrected chi connectivity index (χ0v) is 13.2. The topological polar surface area (TPSA) is 120 Å². The minimum absolute atomic E-state index is 0.0999. The van der Waals surface area contributed by atoms with Crippen molar-refractivity contribution in [2.24, 2.45) is 0 Å². The van der Waals surface area contributed by atoms with Gasteiger partial charge >= 0.3 is 5.97 Å². The molecule has 23 heavy (non-hydrogen) atoms. The van der Waals surface area contributed by atoms with E-state index in [-0.39, 0.29) is 17.0 Å². The van der Waals surface area contributed by atoms with Crippen LogP contribution in [0.1, 0.15) is 15.9 Å². The van der Waals surface area contributed by atoms with Crippen molar-refractivity contribution in [1.29, 1.82) is 0 Å². The van der Waals surface area contributed by atoms with Gasteiger partial charge in [-0.15, -0.1) is 0 Å². The molecule has 2 rings (SSSR count). The van der Waals surface area contributed by atoms with Crippen LogP contribution in [-0.2, 0) is 26.1 Å². The summed E-state index contributed by atoms with van der Waals surface area (Å²) in [5.41, 5.74) is 0.534. The van der Waals surface area contributed by atoms with Crippen LogP contribution in [0.2, 0.25) is 0 Å². The lowest BCUT2D eigenvalue weighted by Gasteiger charge is -2.10. The van der Waals surface area contributed by atoms with Gasteiger partial charge < -0.3 is 4.74 Å². The van der Waals surface area contributed by atoms with Crippen LogP contribution in [0.5, 0.6) is 0 Å². The number of esters is 1. The third kappa shape index (κ3) is 3.92. The van der Waals surface area contributed by atoms with E-state index >= 15 is 0 Å². The Labute approximate surface area is 132 Å². The number of aryl methyl sites for hydroxylation is 1. The average Bonchev–Trinajstić information content (AvgIpc) is 2.98. The van der Waals surface area contributed by atoms with E-state index < -0.39 is 21.9 Å². The molecular formula is C13H14N4O5S. The number of methoxy groups -OCH3 is 1. The van der Waals surface area contributed by atoms with Gasteiger partial charge in [0.05, 0.1) is 17.6 Å². The number of rotatable bonds is 5. The van der Waals surface area contributed by atoms with E-state index in [1.54, 1.807) is 0 Å². The second-order valence-electron chi connectivity index (χ2n) is 4.59. The van der Waals surface area contributed by atoms with Crippen LogP contribution in [0, 0.1) is 6.92 Å². The summed E-state index contributed by atoms with van der Waals surface area (Å²) in [6.45, 7) is 1.24. The van der Waals surface area contributed by atoms with Crippen molar-refractivity contribution in [3.05, 3.63) is 42.0 Å². The summed E-state index contributed by atoms with van der Waals surface area (Å²) in [6.07, 6.45) is 2.53. The Morgan fingerprint density at radius 2 is 2.09 bits per heavy atom. The molecule has 0 spiro atoms. The molecule has 10 heteroatoms. The summed E-state index contributed by atoms with van der Waals surface area (Å²) >= 11 is 0. The molecule has 122 valence electrons. The van der Waals surface area contributed by atoms with Gasteiger partial charge in [0.1, 0.15) is 19.2 Å². The molecular weight excluding hydrogens is 324 g/mol. The van der Waals surface area contributed by atoms with Crippen LogP contribution in [-0.4, -0.2) is 42.2 Å². The van der Waals surface area contributed by atoms with E-state index in [1.807, 2.05) is 4.72 Å². The van der Waals surface area contributed by atoms with Crippen molar-refractivity contribution < 1.29 is 22.7 Å². The number of carbonyl (C=O) groups excluding carboxylic acids is 2. The predicted molar refractivity (Wildman–Crippen MR) is 77.9 cm³/mol. The summed E-state index contributed by atoms with van der Waals surface area (Å²) in [4.78, 5) is 26.8. The molecule has 0 aliphatic rings. The van der Waals surface area contributed by atoms with Gasteiger partial charge in [0.15, 0.2) is 0 Å². The molecule has 0 fully saturated rings. The highest BCUT2D eigenvalue weighted by atomic mass is 32.2. The molecule has 0 aliphatic carbocycles. The van der Waals surface area contributed by atoms with Crippen LogP contribution in [0.3, 0.4) is 0 Å². The van der Waals surface area contributed by atoms with E-state index in [0.717, 1.165) is 0 Å². The average molecular weight is 338 g/mol. The second kappa shape index (κ2) is 6.57. The van der Waals surface area contributed by atoms with Crippen molar-refractivity contribution in [2.75, 3.05) is 7.11 Å². The van der Waals surface area contributed by atoms with Crippen molar-refractivity contribution in [2.45, 2.75) is 18.4 Å². The smallest absolute Gasteiger partial charge is 0.337 e. The van der Waals surface area contributed by atoms with Gasteiger partial charge in [-0.3, -0.25) is 4.79 Å². The van der Waals surface area contributed by atoms with Gasteiger partial charge in [-0.1, -0.05) is 0 Å². The Morgan fingerprint density at radius 1 is 1.35 bits per heavy atom. The molecule has 2 aromatic rings. The van der Waals surface area contributed by atoms with Crippen molar-refractivity contribution in [3.63, 3.8) is 0 Å². The van der Waals surface area contributed by atoms with Crippen LogP contribution in [0.4, 0.5) is 0 Å². The standard InChI is InChI=1S/C13H14N4O5S/c1-9-5-10(13(19)22-2)3-4-11(9)23(20,21)16-12(18)6-17-8-14-7-15-17/h3-5,7-8H,6H2,1-2H3,(H,16,18). The van der Waals surface area contributed by atoms with Gasteiger partial charge in [-0.05, 0) is 30.7 Å². The normalized spacial score (nSPS) is 11.0. The quantitative estimate of drug-likeness (QED) is 0.754. The molecule has 0 unspecified atom stereocenters. The fraction of sp³-hybridized carbons (Fsp3) is 0.231. The predicted octanol–water partition coefficient (Wildman–Crippen LogP) is -0.122. The first kappa shape index (κ1) is 16.6. The lowest BCUT2D eigenvalue weighted by molar-refractivity contribution is -0.120. The molecule has 0 aliphatic heterocycles. The number of nitrogens with zero attached hydrogens (tertiary/aromatic N) is 3. The number of carbonyl (C=O) groups is 2. The van der Waals surface area contributed by atoms with Gasteiger partial charge in [0, 0.05) is 0 Å². The highest BCUT2D eigenvalue weighted by Gasteiger charge is 2.21. The number of sulfonamides is 1. The summed E-state index contributed by atoms with van der Waals surface area (Å²) < 4.78 is 32.2. The first-order chi connectivity index (χ1) is 10.8. The van der Waals surface area contributed by atoms with Crippen LogP contribution in [0.25, 0.3) is 0 Å². The Bertz CT molecular complexity index is 830. The van der Waals surface area contributed by atoms with Gasteiger partial charge in [0.25, 0.3) is 15.9 Å². The summed E-state index contributed by atoms with van der Waals surface area (Å²) in [5, 5.41) is 3.72. The van der Waals surface area contributed by atoms with Crippen LogP contribution in [0.15, 0.2) is 35.7 Å². The molecule has 1 N–H and O–H groups in total. The third-order valence-corrected chi connectivity index (χ3v) is 4.44. The van der Waals surface area contributed by atoms with E-state index in [9.17, 15) is 18.0 Å². The number of hydrogen-bond acceptors (Lipinski definition) is 7. The minimum atomic E-state index is -4.06. The Kier molecular flexibility index (Phi) is 4.74. The first-order valence-corrected chi connectivity index (χ1v) is 7.89. The first-order valence-electron chi connectivity index (χ1n) is 6.40. The Balaban J connectivity index is 2.19. The number of benzene rings is 1. The van der Waals surface area contributed by atoms with Crippen molar-refractivity contribution in [3.8, 4) is 0 Å². The zero-order chi connectivity index (χ0) is 17.0. The molecule has 0 atom stereocenters. The van der Waals surface area contributed by atoms with E-state index in [0.29, 0.717) is 5.56 Å². The fourth-order valence-electron chi connectivity index (χ4n) is 1.89. The number of aromatic nitrogens is 3. The minimum Gasteiger partial charge on any atom is -0.465 e. The van der Waals surface area contributed by atoms with Crippen LogP contribution < -0.4 is 4.72 Å². The number of ether oxygens (including phenoxy) is 1. The molecule has 1 amide bonds. The molecule has 9 nitrogen and oxygen atoms in total. The molecule has 1 aromatic heterocycles. The molecule has 0 saturated carbocycles. The Morgan fingerprint density at radius 3 is 2.65 bits per heavy atom. The molecule has 1 aromatic carbocycles. The largest absolute Gasteiger partial charge is 0.465 e. The summed E-state index contributed by atoms with van der Waals surface area (Å²) in [5.74, 6) is -1.33. The Hall–Kier alpha value is -2.75. The maximum absolute atomic E-state index is 12.2. The monoisotopic (exact) mass is 338 g/mol. The lowest BCUT2D eigenvalue weighted by atomic mass is 10.1. The van der Waals surface area contributed by atoms with Crippen LogP contribution >= 0.6 is 0 Å². The maximum Gasteiger partial charge on any atom is 0.337 e. The van der Waals surface area contributed by atoms with Crippen molar-refractivity contribution in [1.82, 2.24) is 19.5 Å². The zero-order valence-electron chi connectivity index (χ0n) is 12.4. The number of nitrogens with one attached hydrogen (secondary N) is 1. The molecule has 1 heterocycles. The summed E-state index contributed by atoms with van der Waals surface area (Å²) in [7, 11) is -2.83. The van der Waals surface area contributed by atoms with E-state index in [2.05, 4.69) is 14.8 Å². The highest BCUT2D eigenvalue weighted by Crippen LogP contribution is 2.17. The molecule has 0 bridgehead atoms. The SMILES string of the molecule is COC(=O)c1ccc(S(=O)(=O)NC(=O)Cn2cncn2)c(C)c1. The number of hydrogen-bond donors (Lipinski definition) is 1. The summed E-state index contributed by atoms with van der Waals surface area (Å²) in [6, 6.07) is 3.93. The van der Waals surface area contributed by atoms with Crippen molar-refractivity contribution >= 4 is 21.9 Å². The van der Waals surface area contributed by atoms with Gasteiger partial charge in [-0.25, -0.2) is 27.6 Å². The molecule has 0 saturated heterocycles. The second-order valence-corrected chi connectivity index (χ2v) is 6.24. The fourth-order valence-corrected chi connectivity index (χ4v) is 3.10. The number of amides is 1. The van der Waals surface area contributed by atoms with E-state index in [4.69, 9.17) is 0 Å². The highest BCUT2D eigenvalue weighted by molar-refractivity contribution is 7.90. The lowest BCUT2D eigenvalue weighted by Crippen LogP contribution is -2.33. The third-order valence-electron chi connectivity index (χ3n) is 2.91. The molecule has 0 radical (unpaired) electrons. The van der Waals surface area contributed by atoms with Gasteiger partial charge in [0.2, 0.25) is 0 Å². The maximum atomic E-state index is 12.2.